The van der Waals surface area contributed by atoms with Gasteiger partial charge in [-0.05, 0) is 37.0 Å². The number of nitrogens with zero attached hydrogens (tertiary/aromatic N) is 1. The van der Waals surface area contributed by atoms with E-state index in [1.54, 1.807) is 0 Å². The first-order valence-electron chi connectivity index (χ1n) is 6.98. The molecule has 2 rings (SSSR count). The van der Waals surface area contributed by atoms with Crippen molar-refractivity contribution in [3.8, 4) is 0 Å². The van der Waals surface area contributed by atoms with Crippen LogP contribution in [0.25, 0.3) is 10.9 Å². The smallest absolute Gasteiger partial charge is 0.125 e. The fourth-order valence-electron chi connectivity index (χ4n) is 2.57. The number of hydrogen-bond donors (Lipinski definition) is 1. The highest BCUT2D eigenvalue weighted by Gasteiger charge is 2.17. The predicted molar refractivity (Wildman–Crippen MR) is 84.3 cm³/mol. The van der Waals surface area contributed by atoms with Gasteiger partial charge in [0.2, 0.25) is 0 Å². The van der Waals surface area contributed by atoms with Gasteiger partial charge in [0.1, 0.15) is 5.82 Å². The van der Waals surface area contributed by atoms with Crippen LogP contribution in [-0.2, 0) is 0 Å². The molecule has 1 aromatic carbocycles. The third-order valence-corrected chi connectivity index (χ3v) is 3.65. The van der Waals surface area contributed by atoms with Gasteiger partial charge in [0, 0.05) is 23.3 Å². The maximum absolute atomic E-state index is 13.7. The summed E-state index contributed by atoms with van der Waals surface area (Å²) < 4.78 is 13.7. The van der Waals surface area contributed by atoms with Crippen molar-refractivity contribution in [2.24, 2.45) is 0 Å². The Bertz CT molecular complexity index is 638. The fourth-order valence-corrected chi connectivity index (χ4v) is 2.82. The molecule has 0 bridgehead atoms. The summed E-state index contributed by atoms with van der Waals surface area (Å²) in [4.78, 5) is 4.57. The molecule has 2 nitrogen and oxygen atoms in total. The highest BCUT2D eigenvalue weighted by molar-refractivity contribution is 6.35. The topological polar surface area (TPSA) is 24.9 Å². The monoisotopic (exact) mass is 294 g/mol. The molecule has 2 aromatic rings. The number of hydrogen-bond acceptors (Lipinski definition) is 2. The first-order valence-corrected chi connectivity index (χ1v) is 7.36. The third kappa shape index (κ3) is 2.73. The summed E-state index contributed by atoms with van der Waals surface area (Å²) in [5.74, 6) is -0.0179. The lowest BCUT2D eigenvalue weighted by Crippen LogP contribution is -2.08. The van der Waals surface area contributed by atoms with Crippen molar-refractivity contribution in [2.75, 3.05) is 11.9 Å². The van der Waals surface area contributed by atoms with Crippen molar-refractivity contribution in [3.05, 3.63) is 34.2 Å². The van der Waals surface area contributed by atoms with Gasteiger partial charge in [-0.3, -0.25) is 4.98 Å². The highest BCUT2D eigenvalue weighted by atomic mass is 35.5. The van der Waals surface area contributed by atoms with Gasteiger partial charge in [0.05, 0.1) is 10.5 Å². The predicted octanol–water partition coefficient (Wildman–Crippen LogP) is 5.28. The molecule has 0 atom stereocenters. The number of nitrogens with one attached hydrogen (secondary N) is 1. The molecule has 0 saturated heterocycles. The summed E-state index contributed by atoms with van der Waals surface area (Å²) in [5.41, 5.74) is 3.70. The zero-order valence-electron chi connectivity index (χ0n) is 12.3. The van der Waals surface area contributed by atoms with E-state index in [4.69, 9.17) is 11.6 Å². The van der Waals surface area contributed by atoms with E-state index >= 15 is 0 Å². The maximum atomic E-state index is 13.7. The number of pyridine rings is 1. The quantitative estimate of drug-likeness (QED) is 0.829. The molecule has 0 fully saturated rings. The lowest BCUT2D eigenvalue weighted by atomic mass is 9.96. The highest BCUT2D eigenvalue weighted by Crippen LogP contribution is 2.36. The molecule has 1 heterocycles. The van der Waals surface area contributed by atoms with Crippen molar-refractivity contribution in [3.63, 3.8) is 0 Å². The number of halogens is 2. The Kier molecular flexibility index (Phi) is 4.48. The number of aromatic nitrogens is 1. The first kappa shape index (κ1) is 15.0. The Morgan fingerprint density at radius 1 is 1.35 bits per heavy atom. The molecule has 1 aromatic heterocycles. The van der Waals surface area contributed by atoms with Crippen LogP contribution in [-0.4, -0.2) is 11.5 Å². The number of rotatable bonds is 4. The molecule has 0 aliphatic carbocycles. The molecule has 108 valence electrons. The van der Waals surface area contributed by atoms with Crippen LogP contribution in [0.3, 0.4) is 0 Å². The Morgan fingerprint density at radius 2 is 2.05 bits per heavy atom. The average Bonchev–Trinajstić information content (AvgIpc) is 2.36. The summed E-state index contributed by atoms with van der Waals surface area (Å²) >= 11 is 6.14. The van der Waals surface area contributed by atoms with Gasteiger partial charge in [-0.1, -0.05) is 32.4 Å². The first-order chi connectivity index (χ1) is 9.45. The minimum absolute atomic E-state index is 0.313. The lowest BCUT2D eigenvalue weighted by molar-refractivity contribution is 0.629. The van der Waals surface area contributed by atoms with Crippen molar-refractivity contribution >= 4 is 28.2 Å². The van der Waals surface area contributed by atoms with Crippen LogP contribution < -0.4 is 5.32 Å². The van der Waals surface area contributed by atoms with Crippen molar-refractivity contribution in [2.45, 2.75) is 40.0 Å². The maximum Gasteiger partial charge on any atom is 0.125 e. The minimum Gasteiger partial charge on any atom is -0.384 e. The Labute approximate surface area is 124 Å². The number of fused-ring (bicyclic) bond motifs is 1. The van der Waals surface area contributed by atoms with Crippen LogP contribution in [0.15, 0.2) is 12.1 Å². The summed E-state index contributed by atoms with van der Waals surface area (Å²) in [6.07, 6.45) is 1.00. The van der Waals surface area contributed by atoms with Gasteiger partial charge < -0.3 is 5.32 Å². The van der Waals surface area contributed by atoms with E-state index in [1.807, 2.05) is 6.92 Å². The average molecular weight is 295 g/mol. The zero-order valence-corrected chi connectivity index (χ0v) is 13.1. The molecule has 0 unspecified atom stereocenters. The fraction of sp³-hybridized carbons (Fsp3) is 0.438. The summed E-state index contributed by atoms with van der Waals surface area (Å²) in [6, 6.07) is 2.83. The van der Waals surface area contributed by atoms with Crippen molar-refractivity contribution in [1.82, 2.24) is 4.98 Å². The zero-order chi connectivity index (χ0) is 14.9. The van der Waals surface area contributed by atoms with Gasteiger partial charge in [-0.15, -0.1) is 0 Å². The van der Waals surface area contributed by atoms with Crippen molar-refractivity contribution < 1.29 is 4.39 Å². The molecule has 1 N–H and O–H groups in total. The minimum atomic E-state index is -0.331. The summed E-state index contributed by atoms with van der Waals surface area (Å²) in [7, 11) is 0. The normalized spacial score (nSPS) is 11.3. The molecule has 0 saturated carbocycles. The molecule has 0 aliphatic rings. The number of benzene rings is 1. The molecule has 4 heteroatoms. The second kappa shape index (κ2) is 5.96. The molecular formula is C16H20ClFN2. The summed E-state index contributed by atoms with van der Waals surface area (Å²) in [5, 5.41) is 4.54. The second-order valence-corrected chi connectivity index (χ2v) is 5.76. The second-order valence-electron chi connectivity index (χ2n) is 5.35. The Hall–Kier alpha value is -1.35. The van der Waals surface area contributed by atoms with Crippen LogP contribution in [0.2, 0.25) is 5.02 Å². The van der Waals surface area contributed by atoms with Gasteiger partial charge in [0.15, 0.2) is 0 Å². The molecular weight excluding hydrogens is 275 g/mol. The van der Waals surface area contributed by atoms with Crippen LogP contribution >= 0.6 is 11.6 Å². The molecule has 20 heavy (non-hydrogen) atoms. The Morgan fingerprint density at radius 3 is 2.65 bits per heavy atom. The number of aryl methyl sites for hydroxylation is 1. The molecule has 0 amide bonds. The van der Waals surface area contributed by atoms with E-state index in [1.165, 1.54) is 12.1 Å². The van der Waals surface area contributed by atoms with Crippen LogP contribution in [0.4, 0.5) is 10.1 Å². The lowest BCUT2D eigenvalue weighted by Gasteiger charge is -2.19. The standard InChI is InChI=1S/C16H20ClFN2/c1-5-6-19-16-12-7-11(18)8-13(17)15(12)20-10(4)14(16)9(2)3/h7-9H,5-6H2,1-4H3,(H,19,20). The third-order valence-electron chi connectivity index (χ3n) is 3.37. The Balaban J connectivity index is 2.80. The van der Waals surface area contributed by atoms with E-state index in [2.05, 4.69) is 31.1 Å². The van der Waals surface area contributed by atoms with E-state index in [0.29, 0.717) is 16.5 Å². The number of anilines is 1. The van der Waals surface area contributed by atoms with E-state index in [-0.39, 0.29) is 5.82 Å². The van der Waals surface area contributed by atoms with Crippen LogP contribution in [0, 0.1) is 12.7 Å². The molecule has 0 aliphatic heterocycles. The SMILES string of the molecule is CCCNc1c(C(C)C)c(C)nc2c(Cl)cc(F)cc12. The van der Waals surface area contributed by atoms with E-state index in [9.17, 15) is 4.39 Å². The van der Waals surface area contributed by atoms with E-state index in [0.717, 1.165) is 35.3 Å². The molecule has 0 spiro atoms. The molecule has 0 radical (unpaired) electrons. The van der Waals surface area contributed by atoms with Crippen molar-refractivity contribution in [1.29, 1.82) is 0 Å². The van der Waals surface area contributed by atoms with Gasteiger partial charge >= 0.3 is 0 Å². The van der Waals surface area contributed by atoms with E-state index < -0.39 is 0 Å². The van der Waals surface area contributed by atoms with Gasteiger partial charge in [0.25, 0.3) is 0 Å². The van der Waals surface area contributed by atoms with Crippen LogP contribution in [0.1, 0.15) is 44.4 Å². The van der Waals surface area contributed by atoms with Gasteiger partial charge in [-0.2, -0.15) is 0 Å². The van der Waals surface area contributed by atoms with Gasteiger partial charge in [-0.25, -0.2) is 4.39 Å². The summed E-state index contributed by atoms with van der Waals surface area (Å²) in [6.45, 7) is 9.16. The largest absolute Gasteiger partial charge is 0.384 e. The van der Waals surface area contributed by atoms with Crippen LogP contribution in [0.5, 0.6) is 0 Å².